The number of carbonyl (C=O) groups is 1. The summed E-state index contributed by atoms with van der Waals surface area (Å²) in [6, 6.07) is 9.81. The van der Waals surface area contributed by atoms with E-state index in [2.05, 4.69) is 56.9 Å². The van der Waals surface area contributed by atoms with Crippen LogP contribution in [0, 0.1) is 6.92 Å². The van der Waals surface area contributed by atoms with Gasteiger partial charge in [0.2, 0.25) is 5.91 Å². The lowest BCUT2D eigenvalue weighted by Crippen LogP contribution is -2.56. The second-order valence-electron chi connectivity index (χ2n) is 8.02. The molecule has 27 heavy (non-hydrogen) atoms. The third-order valence-corrected chi connectivity index (χ3v) is 5.92. The third-order valence-electron chi connectivity index (χ3n) is 5.92. The summed E-state index contributed by atoms with van der Waals surface area (Å²) in [5.41, 5.74) is 2.46. The van der Waals surface area contributed by atoms with Crippen LogP contribution in [-0.2, 0) is 17.9 Å². The number of piperidine rings is 2. The Balaban J connectivity index is 1.46. The molecule has 1 aromatic heterocycles. The Labute approximate surface area is 160 Å². The monoisotopic (exact) mass is 368 g/mol. The van der Waals surface area contributed by atoms with Crippen LogP contribution in [0.2, 0.25) is 0 Å². The first-order valence-corrected chi connectivity index (χ1v) is 9.92. The van der Waals surface area contributed by atoms with Crippen LogP contribution < -0.4 is 5.32 Å². The molecule has 2 aliphatic heterocycles. The van der Waals surface area contributed by atoms with Gasteiger partial charge in [0, 0.05) is 25.0 Å². The van der Waals surface area contributed by atoms with Crippen molar-refractivity contribution in [1.29, 1.82) is 0 Å². The molecule has 1 aromatic carbocycles. The molecule has 0 spiro atoms. The molecule has 0 unspecified atom stereocenters. The van der Waals surface area contributed by atoms with Crippen molar-refractivity contribution in [2.45, 2.75) is 77.2 Å². The molecule has 144 valence electrons. The van der Waals surface area contributed by atoms with Gasteiger partial charge >= 0.3 is 0 Å². The molecule has 2 aromatic rings. The molecule has 2 bridgehead atoms. The van der Waals surface area contributed by atoms with Crippen molar-refractivity contribution in [3.05, 3.63) is 41.2 Å². The highest BCUT2D eigenvalue weighted by atomic mass is 16.1. The molecule has 0 saturated carbocycles. The Morgan fingerprint density at radius 3 is 2.52 bits per heavy atom. The number of aromatic nitrogens is 4. The third kappa shape index (κ3) is 4.18. The van der Waals surface area contributed by atoms with Crippen LogP contribution in [0.25, 0.3) is 0 Å². The minimum Gasteiger partial charge on any atom is -0.353 e. The van der Waals surface area contributed by atoms with Gasteiger partial charge in [-0.1, -0.05) is 36.2 Å². The number of amides is 1. The number of benzene rings is 1. The number of aryl methyl sites for hydroxylation is 1. The first kappa shape index (κ1) is 18.1. The summed E-state index contributed by atoms with van der Waals surface area (Å²) in [4.78, 5) is 14.0. The van der Waals surface area contributed by atoms with E-state index in [0.29, 0.717) is 24.7 Å². The SMILES string of the molecule is CC(=O)NC1C[C@@H]2CCC[C@@H](C1)N2Cc1nnnn1Cc1ccc(C)cc1. The summed E-state index contributed by atoms with van der Waals surface area (Å²) in [6.45, 7) is 5.18. The molecule has 2 atom stereocenters. The van der Waals surface area contributed by atoms with Crippen LogP contribution in [0.5, 0.6) is 0 Å². The molecule has 1 N–H and O–H groups in total. The van der Waals surface area contributed by atoms with Gasteiger partial charge in [-0.3, -0.25) is 9.69 Å². The maximum absolute atomic E-state index is 11.5. The Morgan fingerprint density at radius 1 is 1.15 bits per heavy atom. The zero-order valence-corrected chi connectivity index (χ0v) is 16.1. The predicted octanol–water partition coefficient (Wildman–Crippen LogP) is 2.05. The Morgan fingerprint density at radius 2 is 1.85 bits per heavy atom. The first-order valence-electron chi connectivity index (χ1n) is 9.92. The van der Waals surface area contributed by atoms with E-state index in [1.807, 2.05) is 4.68 Å². The summed E-state index contributed by atoms with van der Waals surface area (Å²) >= 11 is 0. The molecule has 1 amide bonds. The average Bonchev–Trinajstić information content (AvgIpc) is 3.04. The topological polar surface area (TPSA) is 75.9 Å². The van der Waals surface area contributed by atoms with Gasteiger partial charge in [0.05, 0.1) is 13.1 Å². The minimum atomic E-state index is 0.0774. The van der Waals surface area contributed by atoms with E-state index >= 15 is 0 Å². The average molecular weight is 368 g/mol. The van der Waals surface area contributed by atoms with Crippen LogP contribution in [0.4, 0.5) is 0 Å². The van der Waals surface area contributed by atoms with E-state index < -0.39 is 0 Å². The van der Waals surface area contributed by atoms with Crippen molar-refractivity contribution < 1.29 is 4.79 Å². The van der Waals surface area contributed by atoms with Crippen LogP contribution >= 0.6 is 0 Å². The largest absolute Gasteiger partial charge is 0.353 e. The van der Waals surface area contributed by atoms with Gasteiger partial charge < -0.3 is 5.32 Å². The quantitative estimate of drug-likeness (QED) is 0.874. The highest BCUT2D eigenvalue weighted by Gasteiger charge is 2.39. The Kier molecular flexibility index (Phi) is 5.20. The summed E-state index contributed by atoms with van der Waals surface area (Å²) < 4.78 is 1.92. The van der Waals surface area contributed by atoms with E-state index in [4.69, 9.17) is 0 Å². The molecule has 7 nitrogen and oxygen atoms in total. The number of nitrogens with zero attached hydrogens (tertiary/aromatic N) is 5. The van der Waals surface area contributed by atoms with Gasteiger partial charge in [0.15, 0.2) is 5.82 Å². The van der Waals surface area contributed by atoms with Gasteiger partial charge in [0.25, 0.3) is 0 Å². The van der Waals surface area contributed by atoms with Crippen molar-refractivity contribution in [3.8, 4) is 0 Å². The molecule has 2 fully saturated rings. The first-order chi connectivity index (χ1) is 13.1. The molecular formula is C20H28N6O. The van der Waals surface area contributed by atoms with E-state index in [1.54, 1.807) is 6.92 Å². The van der Waals surface area contributed by atoms with Crippen molar-refractivity contribution >= 4 is 5.91 Å². The summed E-state index contributed by atoms with van der Waals surface area (Å²) in [5, 5.41) is 15.6. The number of tetrazole rings is 1. The van der Waals surface area contributed by atoms with Crippen LogP contribution in [-0.4, -0.2) is 49.1 Å². The van der Waals surface area contributed by atoms with E-state index in [0.717, 1.165) is 25.2 Å². The molecule has 4 rings (SSSR count). The van der Waals surface area contributed by atoms with Crippen molar-refractivity contribution in [2.75, 3.05) is 0 Å². The van der Waals surface area contributed by atoms with E-state index in [1.165, 1.54) is 30.4 Å². The summed E-state index contributed by atoms with van der Waals surface area (Å²) in [5.74, 6) is 0.999. The van der Waals surface area contributed by atoms with Gasteiger partial charge in [-0.2, -0.15) is 0 Å². The van der Waals surface area contributed by atoms with Gasteiger partial charge in [-0.05, 0) is 48.6 Å². The molecule has 7 heteroatoms. The highest BCUT2D eigenvalue weighted by molar-refractivity contribution is 5.73. The van der Waals surface area contributed by atoms with Gasteiger partial charge in [-0.15, -0.1) is 5.10 Å². The lowest BCUT2D eigenvalue weighted by atomic mass is 9.81. The fourth-order valence-electron chi connectivity index (χ4n) is 4.63. The lowest BCUT2D eigenvalue weighted by molar-refractivity contribution is -0.120. The fourth-order valence-corrected chi connectivity index (χ4v) is 4.63. The van der Waals surface area contributed by atoms with Crippen LogP contribution in [0.3, 0.4) is 0 Å². The van der Waals surface area contributed by atoms with Crippen molar-refractivity contribution in [1.82, 2.24) is 30.4 Å². The number of hydrogen-bond acceptors (Lipinski definition) is 5. The maximum atomic E-state index is 11.5. The molecule has 3 heterocycles. The van der Waals surface area contributed by atoms with Crippen LogP contribution in [0.1, 0.15) is 56.0 Å². The number of rotatable bonds is 5. The molecule has 2 aliphatic rings. The van der Waals surface area contributed by atoms with Gasteiger partial charge in [-0.25, -0.2) is 4.68 Å². The smallest absolute Gasteiger partial charge is 0.217 e. The second-order valence-corrected chi connectivity index (χ2v) is 8.02. The van der Waals surface area contributed by atoms with Gasteiger partial charge in [0.1, 0.15) is 0 Å². The highest BCUT2D eigenvalue weighted by Crippen LogP contribution is 2.35. The normalized spacial score (nSPS) is 25.3. The fraction of sp³-hybridized carbons (Fsp3) is 0.600. The molecule has 0 aliphatic carbocycles. The maximum Gasteiger partial charge on any atom is 0.217 e. The van der Waals surface area contributed by atoms with E-state index in [-0.39, 0.29) is 5.91 Å². The summed E-state index contributed by atoms with van der Waals surface area (Å²) in [7, 11) is 0. The Bertz CT molecular complexity index is 772. The zero-order valence-electron chi connectivity index (χ0n) is 16.1. The minimum absolute atomic E-state index is 0.0774. The molecular weight excluding hydrogens is 340 g/mol. The Hall–Kier alpha value is -2.28. The standard InChI is InChI=1S/C20H28N6O/c1-14-6-8-16(9-7-14)12-26-20(22-23-24-26)13-25-18-4-3-5-19(25)11-17(10-18)21-15(2)27/h6-9,17-19H,3-5,10-13H2,1-2H3,(H,21,27)/t18-,19-/m0/s1. The van der Waals surface area contributed by atoms with Crippen molar-refractivity contribution in [2.24, 2.45) is 0 Å². The predicted molar refractivity (Wildman–Crippen MR) is 102 cm³/mol. The molecule has 0 radical (unpaired) electrons. The van der Waals surface area contributed by atoms with E-state index in [9.17, 15) is 4.79 Å². The number of hydrogen-bond donors (Lipinski definition) is 1. The van der Waals surface area contributed by atoms with Crippen molar-refractivity contribution in [3.63, 3.8) is 0 Å². The van der Waals surface area contributed by atoms with Crippen LogP contribution in [0.15, 0.2) is 24.3 Å². The zero-order chi connectivity index (χ0) is 18.8. The second kappa shape index (κ2) is 7.76. The lowest BCUT2D eigenvalue weighted by Gasteiger charge is -2.48. The molecule has 2 saturated heterocycles. The summed E-state index contributed by atoms with van der Waals surface area (Å²) in [6.07, 6.45) is 5.69. The number of carbonyl (C=O) groups excluding carboxylic acids is 1. The number of fused-ring (bicyclic) bond motifs is 2. The number of nitrogens with one attached hydrogen (secondary N) is 1.